The molecule has 6 heteroatoms. The Hall–Kier alpha value is -1.14. The van der Waals surface area contributed by atoms with Crippen LogP contribution in [0.5, 0.6) is 0 Å². The van der Waals surface area contributed by atoms with E-state index in [1.54, 1.807) is 6.92 Å². The predicted molar refractivity (Wildman–Crippen MR) is 55.2 cm³/mol. The van der Waals surface area contributed by atoms with Crippen molar-refractivity contribution in [3.63, 3.8) is 0 Å². The van der Waals surface area contributed by atoms with Crippen LogP contribution in [0.2, 0.25) is 0 Å². The monoisotopic (exact) mass is 244 g/mol. The Bertz CT molecular complexity index is 315. The maximum atomic E-state index is 11.2. The summed E-state index contributed by atoms with van der Waals surface area (Å²) in [5, 5.41) is 0. The molecule has 0 aromatic rings. The van der Waals surface area contributed by atoms with Crippen LogP contribution in [-0.4, -0.2) is 49.6 Å². The van der Waals surface area contributed by atoms with Crippen LogP contribution in [0, 0.1) is 0 Å². The zero-order valence-corrected chi connectivity index (χ0v) is 9.88. The summed E-state index contributed by atoms with van der Waals surface area (Å²) >= 11 is 0. The summed E-state index contributed by atoms with van der Waals surface area (Å²) in [6.07, 6.45) is -1.12. The summed E-state index contributed by atoms with van der Waals surface area (Å²) in [4.78, 5) is 22.1. The van der Waals surface area contributed by atoms with Crippen molar-refractivity contribution in [3.05, 3.63) is 0 Å². The third kappa shape index (κ3) is 2.58. The van der Waals surface area contributed by atoms with E-state index in [1.165, 1.54) is 6.92 Å². The molecular weight excluding hydrogens is 228 g/mol. The highest BCUT2D eigenvalue weighted by Gasteiger charge is 2.50. The van der Waals surface area contributed by atoms with Crippen molar-refractivity contribution < 1.29 is 28.5 Å². The lowest BCUT2D eigenvalue weighted by atomic mass is 10.1. The highest BCUT2D eigenvalue weighted by Crippen LogP contribution is 2.30. The number of fused-ring (bicyclic) bond motifs is 1. The first-order valence-electron chi connectivity index (χ1n) is 5.71. The summed E-state index contributed by atoms with van der Waals surface area (Å²) in [6.45, 7) is 3.65. The largest absolute Gasteiger partial charge is 0.457 e. The molecule has 4 atom stereocenters. The standard InChI is InChI=1S/C11H16O6/c1-3-9(13)17-8-5-15-10-7(16-6(2)12)4-14-11(8)10/h7-8,10-11H,3-5H2,1-2H3/t7-,8+,10-,11-/m0/s1. The summed E-state index contributed by atoms with van der Waals surface area (Å²) in [5.74, 6) is -0.643. The van der Waals surface area contributed by atoms with Gasteiger partial charge in [0.25, 0.3) is 0 Å². The van der Waals surface area contributed by atoms with Crippen LogP contribution in [0.25, 0.3) is 0 Å². The van der Waals surface area contributed by atoms with Crippen molar-refractivity contribution in [2.45, 2.75) is 44.7 Å². The molecule has 6 nitrogen and oxygen atoms in total. The molecule has 17 heavy (non-hydrogen) atoms. The molecule has 0 bridgehead atoms. The highest BCUT2D eigenvalue weighted by atomic mass is 16.7. The van der Waals surface area contributed by atoms with Gasteiger partial charge >= 0.3 is 11.9 Å². The molecular formula is C11H16O6. The topological polar surface area (TPSA) is 71.1 Å². The van der Waals surface area contributed by atoms with Crippen LogP contribution in [0.1, 0.15) is 20.3 Å². The second kappa shape index (κ2) is 5.01. The summed E-state index contributed by atoms with van der Waals surface area (Å²) in [5.41, 5.74) is 0. The Morgan fingerprint density at radius 3 is 2.12 bits per heavy atom. The maximum absolute atomic E-state index is 11.2. The van der Waals surface area contributed by atoms with Gasteiger partial charge in [0.05, 0.1) is 13.2 Å². The molecule has 2 fully saturated rings. The van der Waals surface area contributed by atoms with Gasteiger partial charge in [0.1, 0.15) is 12.2 Å². The number of rotatable bonds is 3. The molecule has 0 aromatic carbocycles. The van der Waals surface area contributed by atoms with E-state index in [9.17, 15) is 9.59 Å². The average Bonchev–Trinajstić information content (AvgIpc) is 2.83. The van der Waals surface area contributed by atoms with E-state index in [0.717, 1.165) is 0 Å². The second-order valence-corrected chi connectivity index (χ2v) is 4.13. The van der Waals surface area contributed by atoms with Gasteiger partial charge in [-0.15, -0.1) is 0 Å². The first-order valence-corrected chi connectivity index (χ1v) is 5.71. The van der Waals surface area contributed by atoms with E-state index in [2.05, 4.69) is 0 Å². The molecule has 0 N–H and O–H groups in total. The van der Waals surface area contributed by atoms with Gasteiger partial charge in [-0.25, -0.2) is 0 Å². The van der Waals surface area contributed by atoms with Crippen LogP contribution in [-0.2, 0) is 28.5 Å². The Labute approximate surface area is 99.2 Å². The van der Waals surface area contributed by atoms with Crippen molar-refractivity contribution in [1.29, 1.82) is 0 Å². The minimum Gasteiger partial charge on any atom is -0.457 e. The molecule has 2 saturated heterocycles. The van der Waals surface area contributed by atoms with Crippen LogP contribution >= 0.6 is 0 Å². The molecule has 0 radical (unpaired) electrons. The lowest BCUT2D eigenvalue weighted by Gasteiger charge is -2.16. The van der Waals surface area contributed by atoms with Gasteiger partial charge in [0.15, 0.2) is 12.2 Å². The van der Waals surface area contributed by atoms with Crippen LogP contribution in [0.4, 0.5) is 0 Å². The fourth-order valence-electron chi connectivity index (χ4n) is 2.10. The van der Waals surface area contributed by atoms with E-state index in [4.69, 9.17) is 18.9 Å². The molecule has 96 valence electrons. The molecule has 0 amide bonds. The first kappa shape index (κ1) is 12.3. The molecule has 0 saturated carbocycles. The van der Waals surface area contributed by atoms with Crippen LogP contribution in [0.3, 0.4) is 0 Å². The maximum Gasteiger partial charge on any atom is 0.305 e. The van der Waals surface area contributed by atoms with Crippen LogP contribution < -0.4 is 0 Å². The quantitative estimate of drug-likeness (QED) is 0.653. The molecule has 2 rings (SSSR count). The van der Waals surface area contributed by atoms with E-state index in [0.29, 0.717) is 13.0 Å². The summed E-state index contributed by atoms with van der Waals surface area (Å²) in [6, 6.07) is 0. The molecule has 2 aliphatic rings. The van der Waals surface area contributed by atoms with Gasteiger partial charge < -0.3 is 18.9 Å². The third-order valence-electron chi connectivity index (χ3n) is 2.85. The van der Waals surface area contributed by atoms with Gasteiger partial charge in [0, 0.05) is 13.3 Å². The lowest BCUT2D eigenvalue weighted by Crippen LogP contribution is -2.35. The second-order valence-electron chi connectivity index (χ2n) is 4.13. The minimum absolute atomic E-state index is 0.279. The van der Waals surface area contributed by atoms with Gasteiger partial charge in [-0.2, -0.15) is 0 Å². The molecule has 0 aromatic heterocycles. The van der Waals surface area contributed by atoms with Gasteiger partial charge in [-0.1, -0.05) is 6.92 Å². The van der Waals surface area contributed by atoms with E-state index in [1.807, 2.05) is 0 Å². The van der Waals surface area contributed by atoms with Crippen molar-refractivity contribution in [2.75, 3.05) is 13.2 Å². The average molecular weight is 244 g/mol. The number of esters is 2. The van der Waals surface area contributed by atoms with E-state index in [-0.39, 0.29) is 30.8 Å². The fraction of sp³-hybridized carbons (Fsp3) is 0.818. The van der Waals surface area contributed by atoms with Crippen LogP contribution in [0.15, 0.2) is 0 Å². The number of carbonyl (C=O) groups excluding carboxylic acids is 2. The highest BCUT2D eigenvalue weighted by molar-refractivity contribution is 5.69. The van der Waals surface area contributed by atoms with Crippen molar-refractivity contribution in [1.82, 2.24) is 0 Å². The minimum atomic E-state index is -0.400. The van der Waals surface area contributed by atoms with Crippen molar-refractivity contribution >= 4 is 11.9 Å². The zero-order valence-electron chi connectivity index (χ0n) is 9.88. The van der Waals surface area contributed by atoms with E-state index < -0.39 is 12.2 Å². The van der Waals surface area contributed by atoms with Gasteiger partial charge in [-0.05, 0) is 0 Å². The summed E-state index contributed by atoms with van der Waals surface area (Å²) in [7, 11) is 0. The van der Waals surface area contributed by atoms with Crippen molar-refractivity contribution in [3.8, 4) is 0 Å². The normalized spacial score (nSPS) is 35.4. The molecule has 2 aliphatic heterocycles. The molecule has 0 aliphatic carbocycles. The number of carbonyl (C=O) groups is 2. The molecule has 0 unspecified atom stereocenters. The SMILES string of the molecule is CCC(=O)O[C@@H]1CO[C@@H]2[C@H]1OC[C@@H]2OC(C)=O. The van der Waals surface area contributed by atoms with Gasteiger partial charge in [-0.3, -0.25) is 9.59 Å². The molecule has 0 spiro atoms. The Morgan fingerprint density at radius 1 is 1.12 bits per heavy atom. The first-order chi connectivity index (χ1) is 8.11. The van der Waals surface area contributed by atoms with E-state index >= 15 is 0 Å². The van der Waals surface area contributed by atoms with Crippen molar-refractivity contribution in [2.24, 2.45) is 0 Å². The Morgan fingerprint density at radius 2 is 1.65 bits per heavy atom. The fourth-order valence-corrected chi connectivity index (χ4v) is 2.10. The zero-order chi connectivity index (χ0) is 12.4. The smallest absolute Gasteiger partial charge is 0.305 e. The molecule has 2 heterocycles. The number of ether oxygens (including phenoxy) is 4. The number of hydrogen-bond acceptors (Lipinski definition) is 6. The third-order valence-corrected chi connectivity index (χ3v) is 2.85. The Kier molecular flexibility index (Phi) is 3.63. The lowest BCUT2D eigenvalue weighted by molar-refractivity contribution is -0.154. The number of hydrogen-bond donors (Lipinski definition) is 0. The Balaban J connectivity index is 1.92. The predicted octanol–water partition coefficient (Wildman–Crippen LogP) is 0.0375. The van der Waals surface area contributed by atoms with Gasteiger partial charge in [0.2, 0.25) is 0 Å². The summed E-state index contributed by atoms with van der Waals surface area (Å²) < 4.78 is 21.2.